The van der Waals surface area contributed by atoms with Crippen molar-refractivity contribution in [2.75, 3.05) is 13.2 Å². The first kappa shape index (κ1) is 67.3. The lowest BCUT2D eigenvalue weighted by Crippen LogP contribution is -2.30. The van der Waals surface area contributed by atoms with Crippen LogP contribution in [0.4, 0.5) is 0 Å². The maximum atomic E-state index is 12.8. The maximum Gasteiger partial charge on any atom is 0.306 e. The second kappa shape index (κ2) is 58.9. The molecule has 0 saturated carbocycles. The van der Waals surface area contributed by atoms with E-state index in [-0.39, 0.29) is 37.5 Å². The highest BCUT2D eigenvalue weighted by Crippen LogP contribution is 2.15. The molecule has 0 aliphatic rings. The second-order valence-electron chi connectivity index (χ2n) is 19.5. The molecule has 6 heteroatoms. The van der Waals surface area contributed by atoms with E-state index in [1.807, 2.05) is 0 Å². The number of unbranched alkanes of at least 4 members (excludes halogenated alkanes) is 26. The van der Waals surface area contributed by atoms with Crippen LogP contribution in [0, 0.1) is 0 Å². The van der Waals surface area contributed by atoms with E-state index in [4.69, 9.17) is 14.2 Å². The summed E-state index contributed by atoms with van der Waals surface area (Å²) in [5.74, 6) is -0.970. The standard InChI is InChI=1S/C65H110O6/c1-4-7-10-13-16-19-22-24-26-28-29-30-31-32-33-34-35-37-38-40-43-46-49-52-55-58-64(67)70-61-62(60-69-63(66)57-54-51-48-45-42-21-18-15-12-9-6-3)71-65(68)59-56-53-50-47-44-41-39-36-27-25-23-20-17-14-11-8-5-2/h8,11,15,17-18,20,22,24-25,27-29,39,41,47,50,62H,4-7,9-10,12-14,16,19,21,23,26,30-38,40,42-46,48-49,51-61H2,1-3H3/b11-8-,18-15-,20-17-,24-22-,27-25-,29-28-,41-39-,50-47-. The van der Waals surface area contributed by atoms with E-state index < -0.39 is 6.10 Å². The summed E-state index contributed by atoms with van der Waals surface area (Å²) in [5, 5.41) is 0. The third-order valence-corrected chi connectivity index (χ3v) is 12.5. The molecule has 0 aromatic carbocycles. The first-order valence-corrected chi connectivity index (χ1v) is 29.7. The van der Waals surface area contributed by atoms with Crippen molar-refractivity contribution in [3.8, 4) is 0 Å². The Bertz CT molecular complexity index is 1410. The minimum absolute atomic E-state index is 0.103. The quantitative estimate of drug-likeness (QED) is 0.0261. The molecule has 0 aromatic heterocycles. The lowest BCUT2D eigenvalue weighted by molar-refractivity contribution is -0.167. The topological polar surface area (TPSA) is 78.9 Å². The van der Waals surface area contributed by atoms with Crippen LogP contribution >= 0.6 is 0 Å². The van der Waals surface area contributed by atoms with Gasteiger partial charge in [-0.15, -0.1) is 0 Å². The van der Waals surface area contributed by atoms with Crippen molar-refractivity contribution >= 4 is 17.9 Å². The molecule has 0 aliphatic heterocycles. The number of hydrogen-bond donors (Lipinski definition) is 0. The maximum absolute atomic E-state index is 12.8. The van der Waals surface area contributed by atoms with Crippen molar-refractivity contribution in [3.63, 3.8) is 0 Å². The van der Waals surface area contributed by atoms with Crippen molar-refractivity contribution in [3.05, 3.63) is 97.2 Å². The van der Waals surface area contributed by atoms with Gasteiger partial charge in [0.25, 0.3) is 0 Å². The van der Waals surface area contributed by atoms with Crippen LogP contribution in [-0.4, -0.2) is 37.2 Å². The van der Waals surface area contributed by atoms with Crippen LogP contribution < -0.4 is 0 Å². The van der Waals surface area contributed by atoms with Crippen LogP contribution in [0.25, 0.3) is 0 Å². The zero-order valence-electron chi connectivity index (χ0n) is 46.5. The number of ether oxygens (including phenoxy) is 3. The average Bonchev–Trinajstić information content (AvgIpc) is 3.37. The number of rotatable bonds is 53. The van der Waals surface area contributed by atoms with Gasteiger partial charge < -0.3 is 14.2 Å². The average molecular weight is 988 g/mol. The molecule has 0 heterocycles. The number of hydrogen-bond acceptors (Lipinski definition) is 6. The number of carbonyl (C=O) groups is 3. The van der Waals surface area contributed by atoms with Crippen molar-refractivity contribution in [1.82, 2.24) is 0 Å². The van der Waals surface area contributed by atoms with E-state index in [2.05, 4.69) is 118 Å². The molecule has 0 radical (unpaired) electrons. The molecule has 1 unspecified atom stereocenters. The van der Waals surface area contributed by atoms with Gasteiger partial charge in [0.2, 0.25) is 0 Å². The lowest BCUT2D eigenvalue weighted by atomic mass is 10.0. The summed E-state index contributed by atoms with van der Waals surface area (Å²) in [6.45, 7) is 6.43. The van der Waals surface area contributed by atoms with E-state index in [1.54, 1.807) is 0 Å². The smallest absolute Gasteiger partial charge is 0.306 e. The highest BCUT2D eigenvalue weighted by atomic mass is 16.6. The summed E-state index contributed by atoms with van der Waals surface area (Å²) >= 11 is 0. The first-order chi connectivity index (χ1) is 35.0. The molecule has 0 rings (SSSR count). The fourth-order valence-electron chi connectivity index (χ4n) is 8.08. The minimum atomic E-state index is -0.811. The lowest BCUT2D eigenvalue weighted by Gasteiger charge is -2.18. The molecule has 0 N–H and O–H groups in total. The Morgan fingerprint density at radius 2 is 0.577 bits per heavy atom. The highest BCUT2D eigenvalue weighted by Gasteiger charge is 2.19. The predicted octanol–water partition coefficient (Wildman–Crippen LogP) is 20.1. The zero-order chi connectivity index (χ0) is 51.4. The van der Waals surface area contributed by atoms with Gasteiger partial charge in [-0.25, -0.2) is 0 Å². The predicted molar refractivity (Wildman–Crippen MR) is 307 cm³/mol. The molecular weight excluding hydrogens is 877 g/mol. The molecule has 0 amide bonds. The van der Waals surface area contributed by atoms with Crippen LogP contribution in [0.3, 0.4) is 0 Å². The van der Waals surface area contributed by atoms with Gasteiger partial charge >= 0.3 is 17.9 Å². The molecule has 0 spiro atoms. The molecule has 0 aliphatic carbocycles. The third-order valence-electron chi connectivity index (χ3n) is 12.5. The van der Waals surface area contributed by atoms with Gasteiger partial charge in [-0.3, -0.25) is 14.4 Å². The van der Waals surface area contributed by atoms with E-state index in [0.717, 1.165) is 96.3 Å². The highest BCUT2D eigenvalue weighted by molar-refractivity contribution is 5.71. The van der Waals surface area contributed by atoms with Crippen LogP contribution in [0.15, 0.2) is 97.2 Å². The Morgan fingerprint density at radius 3 is 0.958 bits per heavy atom. The molecule has 406 valence electrons. The molecule has 0 bridgehead atoms. The van der Waals surface area contributed by atoms with Crippen LogP contribution in [0.5, 0.6) is 0 Å². The first-order valence-electron chi connectivity index (χ1n) is 29.7. The summed E-state index contributed by atoms with van der Waals surface area (Å²) in [6.07, 6.45) is 78.5. The van der Waals surface area contributed by atoms with Gasteiger partial charge in [0.05, 0.1) is 0 Å². The summed E-state index contributed by atoms with van der Waals surface area (Å²) in [6, 6.07) is 0. The summed E-state index contributed by atoms with van der Waals surface area (Å²) in [5.41, 5.74) is 0. The number of carbonyl (C=O) groups excluding carboxylic acids is 3. The van der Waals surface area contributed by atoms with Crippen molar-refractivity contribution < 1.29 is 28.6 Å². The molecule has 0 fully saturated rings. The van der Waals surface area contributed by atoms with Gasteiger partial charge in [-0.1, -0.05) is 246 Å². The Hall–Kier alpha value is -3.67. The summed E-state index contributed by atoms with van der Waals surface area (Å²) < 4.78 is 16.8. The van der Waals surface area contributed by atoms with Gasteiger partial charge in [0.1, 0.15) is 13.2 Å². The van der Waals surface area contributed by atoms with Gasteiger partial charge in [0, 0.05) is 19.3 Å². The van der Waals surface area contributed by atoms with Gasteiger partial charge in [0.15, 0.2) is 6.10 Å². The third kappa shape index (κ3) is 57.1. The van der Waals surface area contributed by atoms with Crippen LogP contribution in [0.1, 0.15) is 278 Å². The molecule has 71 heavy (non-hydrogen) atoms. The second-order valence-corrected chi connectivity index (χ2v) is 19.5. The summed E-state index contributed by atoms with van der Waals surface area (Å²) in [4.78, 5) is 38.1. The van der Waals surface area contributed by atoms with Gasteiger partial charge in [-0.2, -0.15) is 0 Å². The van der Waals surface area contributed by atoms with Crippen molar-refractivity contribution in [2.24, 2.45) is 0 Å². The fourth-order valence-corrected chi connectivity index (χ4v) is 8.08. The minimum Gasteiger partial charge on any atom is -0.462 e. The Kier molecular flexibility index (Phi) is 55.9. The molecule has 6 nitrogen and oxygen atoms in total. The zero-order valence-corrected chi connectivity index (χ0v) is 46.5. The SMILES string of the molecule is CC/C=C\C/C=C\C/C=C\C/C=C\C/C=C\CCCC(=O)OC(COC(=O)CCCCCCC/C=C\CCCC)COC(=O)CCCCCCCCCCCCCCC/C=C\C/C=C\CCCCCCC. The normalized spacial score (nSPS) is 12.8. The Labute approximate surface area is 438 Å². The van der Waals surface area contributed by atoms with Gasteiger partial charge in [-0.05, 0) is 109 Å². The molecule has 1 atom stereocenters. The number of allylic oxidation sites excluding steroid dienone is 16. The van der Waals surface area contributed by atoms with Crippen LogP contribution in [-0.2, 0) is 28.6 Å². The number of esters is 3. The van der Waals surface area contributed by atoms with Crippen molar-refractivity contribution in [1.29, 1.82) is 0 Å². The summed E-state index contributed by atoms with van der Waals surface area (Å²) in [7, 11) is 0. The molecule has 0 saturated heterocycles. The fraction of sp³-hybridized carbons (Fsp3) is 0.708. The Balaban J connectivity index is 4.33. The van der Waals surface area contributed by atoms with Crippen molar-refractivity contribution in [2.45, 2.75) is 284 Å². The van der Waals surface area contributed by atoms with E-state index in [1.165, 1.54) is 135 Å². The van der Waals surface area contributed by atoms with E-state index in [0.29, 0.717) is 19.3 Å². The Morgan fingerprint density at radius 1 is 0.296 bits per heavy atom. The van der Waals surface area contributed by atoms with Crippen LogP contribution in [0.2, 0.25) is 0 Å². The van der Waals surface area contributed by atoms with E-state index in [9.17, 15) is 14.4 Å². The molecule has 0 aromatic rings. The molecular formula is C65H110O6. The monoisotopic (exact) mass is 987 g/mol. The van der Waals surface area contributed by atoms with E-state index >= 15 is 0 Å². The largest absolute Gasteiger partial charge is 0.462 e.